The van der Waals surface area contributed by atoms with Crippen LogP contribution in [0.25, 0.3) is 10.2 Å². The molecule has 27 heavy (non-hydrogen) atoms. The molecule has 1 N–H and O–H groups in total. The molecule has 0 unspecified atom stereocenters. The Balaban J connectivity index is 1.87. The van der Waals surface area contributed by atoms with Gasteiger partial charge in [-0.3, -0.25) is 14.5 Å². The number of carbonyl (C=O) groups excluding carboxylic acids is 2. The van der Waals surface area contributed by atoms with Crippen molar-refractivity contribution in [2.24, 2.45) is 0 Å². The number of aliphatic hydroxyl groups is 1. The summed E-state index contributed by atoms with van der Waals surface area (Å²) in [5.74, 6) is -0.847. The lowest BCUT2D eigenvalue weighted by molar-refractivity contribution is -0.117. The highest BCUT2D eigenvalue weighted by Crippen LogP contribution is 2.43. The van der Waals surface area contributed by atoms with Crippen LogP contribution in [-0.4, -0.2) is 28.9 Å². The maximum Gasteiger partial charge on any atom is 0.296 e. The zero-order valence-corrected chi connectivity index (χ0v) is 15.5. The molecule has 4 rings (SSSR count). The average molecular weight is 380 g/mol. The molecule has 0 aliphatic carbocycles. The highest BCUT2D eigenvalue weighted by Gasteiger charge is 2.44. The molecule has 1 amide bonds. The molecule has 0 saturated heterocycles. The van der Waals surface area contributed by atoms with Crippen molar-refractivity contribution in [3.63, 3.8) is 0 Å². The summed E-state index contributed by atoms with van der Waals surface area (Å²) in [5, 5.41) is 10.8. The standard InChI is InChI=1S/C20H16N2O4S/c1-11(23)16-17(12-7-9-13(26-2)10-8-12)22(19(25)18(16)24)20-21-14-5-3-4-6-15(14)27-20/h3-10,17,24H,1-2H3/t17-/m1/s1. The second-order valence-corrected chi connectivity index (χ2v) is 7.14. The minimum atomic E-state index is -0.735. The van der Waals surface area contributed by atoms with E-state index in [0.29, 0.717) is 16.4 Å². The number of aromatic nitrogens is 1. The third kappa shape index (κ3) is 2.76. The molecule has 6 nitrogen and oxygen atoms in total. The smallest absolute Gasteiger partial charge is 0.296 e. The van der Waals surface area contributed by atoms with Crippen LogP contribution in [0.3, 0.4) is 0 Å². The molecule has 0 saturated carbocycles. The lowest BCUT2D eigenvalue weighted by atomic mass is 9.97. The fraction of sp³-hybridized carbons (Fsp3) is 0.150. The summed E-state index contributed by atoms with van der Waals surface area (Å²) in [4.78, 5) is 31.0. The van der Waals surface area contributed by atoms with Gasteiger partial charge in [0.15, 0.2) is 16.7 Å². The fourth-order valence-electron chi connectivity index (χ4n) is 3.23. The second-order valence-electron chi connectivity index (χ2n) is 6.13. The van der Waals surface area contributed by atoms with Crippen LogP contribution in [0.1, 0.15) is 18.5 Å². The van der Waals surface area contributed by atoms with Crippen LogP contribution in [0, 0.1) is 0 Å². The van der Waals surface area contributed by atoms with E-state index in [4.69, 9.17) is 4.74 Å². The highest BCUT2D eigenvalue weighted by molar-refractivity contribution is 7.22. The summed E-state index contributed by atoms with van der Waals surface area (Å²) >= 11 is 1.34. The van der Waals surface area contributed by atoms with Crippen LogP contribution in [-0.2, 0) is 9.59 Å². The number of anilines is 1. The first-order valence-corrected chi connectivity index (χ1v) is 9.10. The molecule has 3 aromatic rings. The van der Waals surface area contributed by atoms with E-state index < -0.39 is 17.7 Å². The molecule has 1 aliphatic rings. The molecule has 2 heterocycles. The summed E-state index contributed by atoms with van der Waals surface area (Å²) in [5.41, 5.74) is 1.52. The first-order chi connectivity index (χ1) is 13.0. The van der Waals surface area contributed by atoms with E-state index in [0.717, 1.165) is 10.2 Å². The van der Waals surface area contributed by atoms with Gasteiger partial charge in [0.05, 0.1) is 28.9 Å². The number of para-hydroxylation sites is 1. The number of fused-ring (bicyclic) bond motifs is 1. The number of amides is 1. The van der Waals surface area contributed by atoms with Crippen LogP contribution < -0.4 is 9.64 Å². The molecule has 0 radical (unpaired) electrons. The first kappa shape index (κ1) is 17.2. The van der Waals surface area contributed by atoms with Crippen molar-refractivity contribution in [3.8, 4) is 5.75 Å². The van der Waals surface area contributed by atoms with Gasteiger partial charge in [0.25, 0.3) is 5.91 Å². The van der Waals surface area contributed by atoms with Crippen LogP contribution in [0.5, 0.6) is 5.75 Å². The van der Waals surface area contributed by atoms with E-state index >= 15 is 0 Å². The molecule has 0 spiro atoms. The van der Waals surface area contributed by atoms with Gasteiger partial charge in [-0.25, -0.2) is 4.98 Å². The Hall–Kier alpha value is -3.19. The number of thiazole rings is 1. The van der Waals surface area contributed by atoms with Crippen molar-refractivity contribution in [3.05, 3.63) is 65.4 Å². The molecule has 1 aliphatic heterocycles. The zero-order chi connectivity index (χ0) is 19.1. The van der Waals surface area contributed by atoms with E-state index in [1.54, 1.807) is 31.4 Å². The molecular formula is C20H16N2O4S. The largest absolute Gasteiger partial charge is 0.503 e. The Bertz CT molecular complexity index is 1050. The van der Waals surface area contributed by atoms with Crippen molar-refractivity contribution in [2.75, 3.05) is 12.0 Å². The van der Waals surface area contributed by atoms with Crippen molar-refractivity contribution in [2.45, 2.75) is 13.0 Å². The number of ketones is 1. The monoisotopic (exact) mass is 380 g/mol. The van der Waals surface area contributed by atoms with Gasteiger partial charge >= 0.3 is 0 Å². The third-order valence-corrected chi connectivity index (χ3v) is 5.54. The minimum absolute atomic E-state index is 0.0735. The quantitative estimate of drug-likeness (QED) is 0.745. The molecule has 2 aromatic carbocycles. The third-order valence-electron chi connectivity index (χ3n) is 4.51. The van der Waals surface area contributed by atoms with E-state index in [1.165, 1.54) is 23.2 Å². The van der Waals surface area contributed by atoms with Crippen molar-refractivity contribution in [1.82, 2.24) is 4.98 Å². The van der Waals surface area contributed by atoms with Gasteiger partial charge in [-0.05, 0) is 36.8 Å². The minimum Gasteiger partial charge on any atom is -0.503 e. The maximum atomic E-state index is 12.8. The summed E-state index contributed by atoms with van der Waals surface area (Å²) < 4.78 is 6.10. The van der Waals surface area contributed by atoms with Crippen LogP contribution in [0.2, 0.25) is 0 Å². The zero-order valence-electron chi connectivity index (χ0n) is 14.7. The lowest BCUT2D eigenvalue weighted by Gasteiger charge is -2.24. The van der Waals surface area contributed by atoms with Crippen molar-refractivity contribution >= 4 is 38.4 Å². The Morgan fingerprint density at radius 2 is 1.89 bits per heavy atom. The summed E-state index contributed by atoms with van der Waals surface area (Å²) in [6.45, 7) is 1.34. The summed E-state index contributed by atoms with van der Waals surface area (Å²) in [6, 6.07) is 13.9. The Morgan fingerprint density at radius 1 is 1.19 bits per heavy atom. The van der Waals surface area contributed by atoms with Crippen molar-refractivity contribution < 1.29 is 19.4 Å². The molecule has 136 valence electrons. The molecule has 0 fully saturated rings. The number of aliphatic hydroxyl groups excluding tert-OH is 1. The van der Waals surface area contributed by atoms with Crippen LogP contribution >= 0.6 is 11.3 Å². The second kappa shape index (κ2) is 6.51. The molecular weight excluding hydrogens is 364 g/mol. The molecule has 1 atom stereocenters. The number of ether oxygens (including phenoxy) is 1. The molecule has 1 aromatic heterocycles. The molecule has 0 bridgehead atoms. The van der Waals surface area contributed by atoms with Crippen molar-refractivity contribution in [1.29, 1.82) is 0 Å². The Labute approximate surface area is 159 Å². The van der Waals surface area contributed by atoms with Gasteiger partial charge in [0.1, 0.15) is 5.75 Å². The van der Waals surface area contributed by atoms with Gasteiger partial charge in [0.2, 0.25) is 0 Å². The number of Topliss-reactive ketones (excluding diaryl/α,β-unsaturated/α-hetero) is 1. The van der Waals surface area contributed by atoms with E-state index in [1.807, 2.05) is 24.3 Å². The predicted molar refractivity (Wildman–Crippen MR) is 103 cm³/mol. The summed E-state index contributed by atoms with van der Waals surface area (Å²) in [7, 11) is 1.56. The number of carbonyl (C=O) groups is 2. The van der Waals surface area contributed by atoms with E-state index in [9.17, 15) is 14.7 Å². The average Bonchev–Trinajstić information content (AvgIpc) is 3.21. The first-order valence-electron chi connectivity index (χ1n) is 8.28. The Morgan fingerprint density at radius 3 is 2.52 bits per heavy atom. The number of rotatable bonds is 4. The maximum absolute atomic E-state index is 12.8. The fourth-order valence-corrected chi connectivity index (χ4v) is 4.22. The SMILES string of the molecule is COc1ccc([C@@H]2C(C(C)=O)=C(O)C(=O)N2c2nc3ccccc3s2)cc1. The van der Waals surface area contributed by atoms with Gasteiger partial charge in [-0.1, -0.05) is 35.6 Å². The lowest BCUT2D eigenvalue weighted by Crippen LogP contribution is -2.30. The number of hydrogen-bond acceptors (Lipinski definition) is 6. The normalized spacial score (nSPS) is 17.0. The Kier molecular flexibility index (Phi) is 4.16. The number of hydrogen-bond donors (Lipinski definition) is 1. The predicted octanol–water partition coefficient (Wildman–Crippen LogP) is 3.79. The number of benzene rings is 2. The van der Waals surface area contributed by atoms with E-state index in [-0.39, 0.29) is 11.4 Å². The van der Waals surface area contributed by atoms with E-state index in [2.05, 4.69) is 4.98 Å². The summed E-state index contributed by atoms with van der Waals surface area (Å²) in [6.07, 6.45) is 0. The van der Waals surface area contributed by atoms with Gasteiger partial charge in [-0.15, -0.1) is 0 Å². The number of nitrogens with zero attached hydrogens (tertiary/aromatic N) is 2. The van der Waals surface area contributed by atoms with Gasteiger partial charge in [0, 0.05) is 0 Å². The van der Waals surface area contributed by atoms with Gasteiger partial charge < -0.3 is 9.84 Å². The number of methoxy groups -OCH3 is 1. The van der Waals surface area contributed by atoms with Crippen LogP contribution in [0.4, 0.5) is 5.13 Å². The van der Waals surface area contributed by atoms with Gasteiger partial charge in [-0.2, -0.15) is 0 Å². The van der Waals surface area contributed by atoms with Crippen LogP contribution in [0.15, 0.2) is 59.9 Å². The molecule has 7 heteroatoms. The highest BCUT2D eigenvalue weighted by atomic mass is 32.1. The topological polar surface area (TPSA) is 79.7 Å².